The molecule has 54 heavy (non-hydrogen) atoms. The number of allylic oxidation sites excluding steroid dienone is 1. The fourth-order valence-electron chi connectivity index (χ4n) is 7.96. The Morgan fingerprint density at radius 2 is 1.24 bits per heavy atom. The van der Waals surface area contributed by atoms with Crippen LogP contribution in [0.5, 0.6) is 0 Å². The maximum atomic E-state index is 6.50. The Morgan fingerprint density at radius 3 is 2.19 bits per heavy atom. The van der Waals surface area contributed by atoms with Gasteiger partial charge in [0.25, 0.3) is 0 Å². The third-order valence-electron chi connectivity index (χ3n) is 10.7. The Kier molecular flexibility index (Phi) is 7.13. The lowest BCUT2D eigenvalue weighted by Gasteiger charge is -2.19. The van der Waals surface area contributed by atoms with Gasteiger partial charge in [0, 0.05) is 48.0 Å². The van der Waals surface area contributed by atoms with Crippen LogP contribution in [0.4, 0.5) is 0 Å². The van der Waals surface area contributed by atoms with Gasteiger partial charge < -0.3 is 4.42 Å². The standard InChI is InChI=1S/C49H31N3OS/c1-2-10-30(11-3-1)33-14-8-15-34(26-33)35-23-25-42-41(28-35)46-40(17-9-18-43(46)53-42)49-51-47(36-21-20-31-12-4-5-13-32(31)27-36)50-48(52-49)37-22-24-39-38-16-6-7-19-44(38)54-45(39)29-37/h1-26,28-29,36H,27H2. The quantitative estimate of drug-likeness (QED) is 0.178. The predicted molar refractivity (Wildman–Crippen MR) is 224 cm³/mol. The smallest absolute Gasteiger partial charge is 0.164 e. The molecule has 10 aromatic rings. The van der Waals surface area contributed by atoms with E-state index in [0.29, 0.717) is 11.6 Å². The zero-order valence-corrected chi connectivity index (χ0v) is 29.9. The summed E-state index contributed by atoms with van der Waals surface area (Å²) in [6.07, 6.45) is 5.27. The third kappa shape index (κ3) is 5.24. The molecule has 0 radical (unpaired) electrons. The fourth-order valence-corrected chi connectivity index (χ4v) is 9.10. The number of rotatable bonds is 5. The van der Waals surface area contributed by atoms with Crippen LogP contribution in [0.1, 0.15) is 22.9 Å². The topological polar surface area (TPSA) is 51.8 Å². The third-order valence-corrected chi connectivity index (χ3v) is 11.8. The van der Waals surface area contributed by atoms with Crippen molar-refractivity contribution in [1.29, 1.82) is 0 Å². The van der Waals surface area contributed by atoms with E-state index in [9.17, 15) is 0 Å². The van der Waals surface area contributed by atoms with E-state index in [4.69, 9.17) is 19.4 Å². The van der Waals surface area contributed by atoms with Crippen LogP contribution in [0.3, 0.4) is 0 Å². The van der Waals surface area contributed by atoms with Crippen molar-refractivity contribution in [2.45, 2.75) is 12.3 Å². The van der Waals surface area contributed by atoms with E-state index in [1.165, 1.54) is 42.4 Å². The Bertz CT molecular complexity index is 3100. The molecule has 1 unspecified atom stereocenters. The molecular weight excluding hydrogens is 679 g/mol. The lowest BCUT2D eigenvalue weighted by atomic mass is 9.89. The van der Waals surface area contributed by atoms with Crippen LogP contribution < -0.4 is 0 Å². The Morgan fingerprint density at radius 1 is 0.500 bits per heavy atom. The largest absolute Gasteiger partial charge is 0.456 e. The van der Waals surface area contributed by atoms with Crippen LogP contribution in [-0.4, -0.2) is 15.0 Å². The second-order valence-electron chi connectivity index (χ2n) is 14.0. The number of hydrogen-bond acceptors (Lipinski definition) is 5. The summed E-state index contributed by atoms with van der Waals surface area (Å²) in [6.45, 7) is 0. The van der Waals surface area contributed by atoms with E-state index in [2.05, 4.69) is 158 Å². The molecule has 254 valence electrons. The van der Waals surface area contributed by atoms with Crippen molar-refractivity contribution < 1.29 is 4.42 Å². The highest BCUT2D eigenvalue weighted by atomic mass is 32.1. The van der Waals surface area contributed by atoms with Crippen LogP contribution in [0, 0.1) is 0 Å². The normalized spacial score (nSPS) is 14.0. The Labute approximate surface area is 315 Å². The molecule has 0 saturated heterocycles. The van der Waals surface area contributed by atoms with Crippen molar-refractivity contribution in [3.63, 3.8) is 0 Å². The minimum atomic E-state index is 0.0113. The highest BCUT2D eigenvalue weighted by Gasteiger charge is 2.23. The first-order chi connectivity index (χ1) is 26.7. The highest BCUT2D eigenvalue weighted by Crippen LogP contribution is 2.40. The van der Waals surface area contributed by atoms with Gasteiger partial charge in [0.15, 0.2) is 11.6 Å². The van der Waals surface area contributed by atoms with E-state index in [1.807, 2.05) is 12.1 Å². The molecule has 0 bridgehead atoms. The number of thiophene rings is 1. The highest BCUT2D eigenvalue weighted by molar-refractivity contribution is 7.25. The van der Waals surface area contributed by atoms with E-state index < -0.39 is 0 Å². The monoisotopic (exact) mass is 709 g/mol. The van der Waals surface area contributed by atoms with E-state index >= 15 is 0 Å². The van der Waals surface area contributed by atoms with Gasteiger partial charge in [-0.05, 0) is 76.2 Å². The number of benzene rings is 7. The average Bonchev–Trinajstić information content (AvgIpc) is 3.81. The summed E-state index contributed by atoms with van der Waals surface area (Å²) < 4.78 is 8.99. The minimum absolute atomic E-state index is 0.0113. The number of hydrogen-bond donors (Lipinski definition) is 0. The molecule has 5 heteroatoms. The van der Waals surface area contributed by atoms with E-state index in [-0.39, 0.29) is 5.92 Å². The summed E-state index contributed by atoms with van der Waals surface area (Å²) in [4.78, 5) is 15.7. The first kappa shape index (κ1) is 30.9. The summed E-state index contributed by atoms with van der Waals surface area (Å²) in [5.74, 6) is 2.09. The lowest BCUT2D eigenvalue weighted by molar-refractivity contribution is 0.669. The molecule has 11 rings (SSSR count). The first-order valence-corrected chi connectivity index (χ1v) is 19.1. The number of furan rings is 1. The molecule has 3 aromatic heterocycles. The molecule has 0 saturated carbocycles. The predicted octanol–water partition coefficient (Wildman–Crippen LogP) is 13.2. The van der Waals surface area contributed by atoms with Crippen LogP contribution in [0.2, 0.25) is 0 Å². The van der Waals surface area contributed by atoms with Gasteiger partial charge in [-0.2, -0.15) is 0 Å². The zero-order valence-electron chi connectivity index (χ0n) is 29.1. The summed E-state index contributed by atoms with van der Waals surface area (Å²) in [6, 6.07) is 55.7. The van der Waals surface area contributed by atoms with Crippen molar-refractivity contribution >= 4 is 59.5 Å². The Hall–Kier alpha value is -6.69. The van der Waals surface area contributed by atoms with E-state index in [0.717, 1.165) is 56.4 Å². The van der Waals surface area contributed by atoms with Gasteiger partial charge >= 0.3 is 0 Å². The summed E-state index contributed by atoms with van der Waals surface area (Å²) >= 11 is 1.80. The van der Waals surface area contributed by atoms with Crippen molar-refractivity contribution in [3.8, 4) is 45.0 Å². The molecule has 1 atom stereocenters. The number of nitrogens with zero attached hydrogens (tertiary/aromatic N) is 3. The van der Waals surface area contributed by atoms with Crippen LogP contribution in [0.25, 0.3) is 93.2 Å². The van der Waals surface area contributed by atoms with E-state index in [1.54, 1.807) is 11.3 Å². The molecular formula is C49H31N3OS. The summed E-state index contributed by atoms with van der Waals surface area (Å²) in [5, 5.41) is 4.56. The second kappa shape index (κ2) is 12.5. The van der Waals surface area contributed by atoms with Gasteiger partial charge in [0.1, 0.15) is 17.0 Å². The molecule has 0 amide bonds. The fraction of sp³-hybridized carbons (Fsp3) is 0.0408. The van der Waals surface area contributed by atoms with Crippen molar-refractivity contribution in [2.75, 3.05) is 0 Å². The van der Waals surface area contributed by atoms with Gasteiger partial charge in [-0.1, -0.05) is 133 Å². The maximum absolute atomic E-state index is 6.50. The summed E-state index contributed by atoms with van der Waals surface area (Å²) in [5.41, 5.74) is 10.7. The van der Waals surface area contributed by atoms with Gasteiger partial charge in [-0.25, -0.2) is 15.0 Å². The van der Waals surface area contributed by atoms with Gasteiger partial charge in [0.2, 0.25) is 0 Å². The molecule has 0 spiro atoms. The van der Waals surface area contributed by atoms with Crippen LogP contribution in [0.15, 0.2) is 168 Å². The van der Waals surface area contributed by atoms with Gasteiger partial charge in [0.05, 0.1) is 0 Å². The molecule has 1 aliphatic carbocycles. The van der Waals surface area contributed by atoms with Crippen LogP contribution in [-0.2, 0) is 6.42 Å². The molecule has 0 aliphatic heterocycles. The second-order valence-corrected chi connectivity index (χ2v) is 15.0. The van der Waals surface area contributed by atoms with Crippen molar-refractivity contribution in [2.24, 2.45) is 0 Å². The summed E-state index contributed by atoms with van der Waals surface area (Å²) in [7, 11) is 0. The maximum Gasteiger partial charge on any atom is 0.164 e. The van der Waals surface area contributed by atoms with Crippen molar-refractivity contribution in [1.82, 2.24) is 15.0 Å². The molecule has 1 aliphatic rings. The number of aromatic nitrogens is 3. The molecule has 7 aromatic carbocycles. The zero-order chi connectivity index (χ0) is 35.6. The minimum Gasteiger partial charge on any atom is -0.456 e. The number of fused-ring (bicyclic) bond motifs is 7. The molecule has 4 nitrogen and oxygen atoms in total. The lowest BCUT2D eigenvalue weighted by Crippen LogP contribution is -2.12. The first-order valence-electron chi connectivity index (χ1n) is 18.3. The molecule has 0 fully saturated rings. The average molecular weight is 710 g/mol. The molecule has 3 heterocycles. The Balaban J connectivity index is 1.08. The molecule has 0 N–H and O–H groups in total. The van der Waals surface area contributed by atoms with Gasteiger partial charge in [-0.15, -0.1) is 11.3 Å². The van der Waals surface area contributed by atoms with Crippen LogP contribution >= 0.6 is 11.3 Å². The van der Waals surface area contributed by atoms with Crippen molar-refractivity contribution in [3.05, 3.63) is 181 Å². The van der Waals surface area contributed by atoms with Gasteiger partial charge in [-0.3, -0.25) is 0 Å². The SMILES string of the molecule is C1=CC(c2nc(-c3ccc4c(c3)sc3ccccc34)nc(-c3cccc4oc5ccc(-c6cccc(-c7ccccc7)c6)cc5c34)n2)Cc2ccccc21.